The zero-order valence-corrected chi connectivity index (χ0v) is 21.3. The molecule has 0 fully saturated rings. The molecule has 0 spiro atoms. The summed E-state index contributed by atoms with van der Waals surface area (Å²) in [6, 6.07) is 6.72. The lowest BCUT2D eigenvalue weighted by atomic mass is 9.89. The topological polar surface area (TPSA) is 24.1 Å². The average molecular weight is 433 g/mol. The molecule has 0 aliphatic heterocycles. The van der Waals surface area contributed by atoms with Crippen molar-refractivity contribution in [2.75, 3.05) is 11.9 Å². The van der Waals surface area contributed by atoms with Gasteiger partial charge in [-0.1, -0.05) is 111 Å². The number of nitrogens with one attached hydrogen (secondary N) is 2. The number of anilines is 1. The normalized spacial score (nSPS) is 13.1. The first-order valence-corrected chi connectivity index (χ1v) is 13.1. The van der Waals surface area contributed by atoms with Crippen LogP contribution in [0, 0.1) is 0 Å². The van der Waals surface area contributed by atoms with Crippen LogP contribution in [-0.2, 0) is 0 Å². The Morgan fingerprint density at radius 1 is 0.767 bits per heavy atom. The third kappa shape index (κ3) is 10.3. The van der Waals surface area contributed by atoms with E-state index in [2.05, 4.69) is 63.5 Å². The molecule has 2 nitrogen and oxygen atoms in total. The first-order chi connectivity index (χ1) is 14.5. The maximum Gasteiger partial charge on any atom is 0.170 e. The highest BCUT2D eigenvalue weighted by molar-refractivity contribution is 7.80. The van der Waals surface area contributed by atoms with E-state index in [1.165, 1.54) is 81.0 Å². The van der Waals surface area contributed by atoms with Crippen LogP contribution in [0.15, 0.2) is 18.2 Å². The number of thiocarbonyl (C=S) groups is 1. The van der Waals surface area contributed by atoms with Gasteiger partial charge in [-0.15, -0.1) is 0 Å². The Kier molecular flexibility index (Phi) is 14.9. The molecule has 2 atom stereocenters. The quantitative estimate of drug-likeness (QED) is 0.201. The van der Waals surface area contributed by atoms with E-state index in [1.54, 1.807) is 0 Å². The van der Waals surface area contributed by atoms with Gasteiger partial charge in [0.05, 0.1) is 0 Å². The third-order valence-electron chi connectivity index (χ3n) is 6.47. The van der Waals surface area contributed by atoms with Gasteiger partial charge in [0.15, 0.2) is 5.11 Å². The van der Waals surface area contributed by atoms with Crippen molar-refractivity contribution in [2.24, 2.45) is 0 Å². The Morgan fingerprint density at radius 2 is 1.23 bits per heavy atom. The molecule has 2 unspecified atom stereocenters. The number of hydrogen-bond acceptors (Lipinski definition) is 1. The summed E-state index contributed by atoms with van der Waals surface area (Å²) in [5.41, 5.74) is 4.01. The largest absolute Gasteiger partial charge is 0.362 e. The fourth-order valence-electron chi connectivity index (χ4n) is 3.97. The molecule has 172 valence electrons. The van der Waals surface area contributed by atoms with Crippen molar-refractivity contribution in [3.05, 3.63) is 29.3 Å². The van der Waals surface area contributed by atoms with Crippen LogP contribution in [-0.4, -0.2) is 11.7 Å². The molecule has 2 N–H and O–H groups in total. The highest BCUT2D eigenvalue weighted by atomic mass is 32.1. The number of para-hydroxylation sites is 1. The minimum atomic E-state index is 0.529. The van der Waals surface area contributed by atoms with Gasteiger partial charge in [0.25, 0.3) is 0 Å². The van der Waals surface area contributed by atoms with Gasteiger partial charge < -0.3 is 10.6 Å². The van der Waals surface area contributed by atoms with Gasteiger partial charge in [0.2, 0.25) is 0 Å². The van der Waals surface area contributed by atoms with E-state index >= 15 is 0 Å². The molecule has 0 saturated heterocycles. The number of unbranched alkanes of at least 4 members (excludes halogenated alkanes) is 9. The number of benzene rings is 1. The molecule has 30 heavy (non-hydrogen) atoms. The summed E-state index contributed by atoms with van der Waals surface area (Å²) in [7, 11) is 0. The molecule has 0 heterocycles. The second-order valence-electron chi connectivity index (χ2n) is 8.99. The van der Waals surface area contributed by atoms with Crippen LogP contribution < -0.4 is 10.6 Å². The zero-order chi connectivity index (χ0) is 22.2. The van der Waals surface area contributed by atoms with Crippen LogP contribution in [0.4, 0.5) is 5.69 Å². The van der Waals surface area contributed by atoms with E-state index in [9.17, 15) is 0 Å². The average Bonchev–Trinajstić information content (AvgIpc) is 2.76. The molecule has 3 heteroatoms. The lowest BCUT2D eigenvalue weighted by Crippen LogP contribution is -2.30. The number of rotatable bonds is 16. The molecule has 0 radical (unpaired) electrons. The summed E-state index contributed by atoms with van der Waals surface area (Å²) in [4.78, 5) is 0. The third-order valence-corrected chi connectivity index (χ3v) is 6.72. The van der Waals surface area contributed by atoms with Gasteiger partial charge >= 0.3 is 0 Å². The standard InChI is InChI=1S/C27H48N2S/c1-6-9-10-11-12-13-14-15-16-17-21-28-27(30)29-26-24(22(4)7-2)19-18-20-25(26)23(5)8-3/h18-20,22-23H,6-17,21H2,1-5H3,(H2,28,29,30). The van der Waals surface area contributed by atoms with E-state index in [0.717, 1.165) is 24.5 Å². The zero-order valence-electron chi connectivity index (χ0n) is 20.5. The summed E-state index contributed by atoms with van der Waals surface area (Å²) in [5.74, 6) is 1.06. The van der Waals surface area contributed by atoms with Crippen LogP contribution in [0.2, 0.25) is 0 Å². The van der Waals surface area contributed by atoms with Crippen molar-refractivity contribution >= 4 is 23.0 Å². The van der Waals surface area contributed by atoms with Crippen molar-refractivity contribution in [1.29, 1.82) is 0 Å². The molecule has 0 aromatic heterocycles. The second kappa shape index (κ2) is 16.6. The highest BCUT2D eigenvalue weighted by Gasteiger charge is 2.17. The predicted octanol–water partition coefficient (Wildman–Crippen LogP) is 8.92. The van der Waals surface area contributed by atoms with Crippen LogP contribution in [0.5, 0.6) is 0 Å². The first-order valence-electron chi connectivity index (χ1n) is 12.7. The molecule has 1 rings (SSSR count). The molecule has 0 amide bonds. The Balaban J connectivity index is 2.39. The Morgan fingerprint density at radius 3 is 1.70 bits per heavy atom. The van der Waals surface area contributed by atoms with Gasteiger partial charge in [-0.3, -0.25) is 0 Å². The van der Waals surface area contributed by atoms with Crippen molar-refractivity contribution in [1.82, 2.24) is 5.32 Å². The van der Waals surface area contributed by atoms with Crippen LogP contribution in [0.25, 0.3) is 0 Å². The van der Waals surface area contributed by atoms with Crippen molar-refractivity contribution in [3.63, 3.8) is 0 Å². The molecule has 0 saturated carbocycles. The van der Waals surface area contributed by atoms with Crippen molar-refractivity contribution < 1.29 is 0 Å². The van der Waals surface area contributed by atoms with Crippen LogP contribution in [0.3, 0.4) is 0 Å². The van der Waals surface area contributed by atoms with Gasteiger partial charge in [-0.05, 0) is 54.4 Å². The van der Waals surface area contributed by atoms with E-state index in [-0.39, 0.29) is 0 Å². The predicted molar refractivity (Wildman–Crippen MR) is 140 cm³/mol. The number of hydrogen-bond donors (Lipinski definition) is 2. The summed E-state index contributed by atoms with van der Waals surface area (Å²) >= 11 is 5.65. The minimum Gasteiger partial charge on any atom is -0.362 e. The fraction of sp³-hybridized carbons (Fsp3) is 0.741. The van der Waals surface area contributed by atoms with Crippen LogP contribution in [0.1, 0.15) is 135 Å². The van der Waals surface area contributed by atoms with Crippen LogP contribution >= 0.6 is 12.2 Å². The molecule has 1 aromatic rings. The van der Waals surface area contributed by atoms with Crippen molar-refractivity contribution in [2.45, 2.75) is 124 Å². The Bertz CT molecular complexity index is 556. The molecule has 0 bridgehead atoms. The van der Waals surface area contributed by atoms with E-state index in [1.807, 2.05) is 0 Å². The van der Waals surface area contributed by atoms with Gasteiger partial charge in [-0.25, -0.2) is 0 Å². The van der Waals surface area contributed by atoms with Gasteiger partial charge in [0.1, 0.15) is 0 Å². The Hall–Kier alpha value is -1.09. The maximum absolute atomic E-state index is 5.65. The molecular weight excluding hydrogens is 384 g/mol. The SMILES string of the molecule is CCCCCCCCCCCCNC(=S)Nc1c(C(C)CC)cccc1C(C)CC. The van der Waals surface area contributed by atoms with E-state index in [4.69, 9.17) is 12.2 Å². The molecular formula is C27H48N2S. The van der Waals surface area contributed by atoms with Crippen molar-refractivity contribution in [3.8, 4) is 0 Å². The summed E-state index contributed by atoms with van der Waals surface area (Å²) in [6.45, 7) is 12.4. The van der Waals surface area contributed by atoms with E-state index in [0.29, 0.717) is 11.8 Å². The summed E-state index contributed by atoms with van der Waals surface area (Å²) < 4.78 is 0. The monoisotopic (exact) mass is 432 g/mol. The minimum absolute atomic E-state index is 0.529. The molecule has 0 aliphatic carbocycles. The smallest absolute Gasteiger partial charge is 0.170 e. The molecule has 0 aliphatic rings. The lowest BCUT2D eigenvalue weighted by molar-refractivity contribution is 0.555. The van der Waals surface area contributed by atoms with E-state index < -0.39 is 0 Å². The fourth-order valence-corrected chi connectivity index (χ4v) is 4.17. The Labute approximate surface area is 193 Å². The van der Waals surface area contributed by atoms with Gasteiger partial charge in [0, 0.05) is 12.2 Å². The molecule has 1 aromatic carbocycles. The second-order valence-corrected chi connectivity index (χ2v) is 9.40. The lowest BCUT2D eigenvalue weighted by Gasteiger charge is -2.23. The highest BCUT2D eigenvalue weighted by Crippen LogP contribution is 2.34. The first kappa shape index (κ1) is 26.9. The maximum atomic E-state index is 5.65. The van der Waals surface area contributed by atoms with Gasteiger partial charge in [-0.2, -0.15) is 0 Å². The summed E-state index contributed by atoms with van der Waals surface area (Å²) in [6.07, 6.45) is 15.9. The summed E-state index contributed by atoms with van der Waals surface area (Å²) in [5, 5.41) is 7.78.